The molecule has 0 bridgehead atoms. The zero-order chi connectivity index (χ0) is 12.3. The summed E-state index contributed by atoms with van der Waals surface area (Å²) < 4.78 is 13.4. The molecule has 1 aliphatic rings. The lowest BCUT2D eigenvalue weighted by Crippen LogP contribution is -2.28. The molecule has 0 aliphatic heterocycles. The quantitative estimate of drug-likeness (QED) is 0.909. The van der Waals surface area contributed by atoms with Crippen LogP contribution >= 0.6 is 15.9 Å². The summed E-state index contributed by atoms with van der Waals surface area (Å²) in [4.78, 5) is 11.9. The van der Waals surface area contributed by atoms with Crippen molar-refractivity contribution in [2.75, 3.05) is 6.54 Å². The van der Waals surface area contributed by atoms with E-state index in [0.717, 1.165) is 6.54 Å². The topological polar surface area (TPSA) is 29.1 Å². The third-order valence-electron chi connectivity index (χ3n) is 3.20. The van der Waals surface area contributed by atoms with Crippen molar-refractivity contribution in [1.82, 2.24) is 5.32 Å². The first-order chi connectivity index (χ1) is 8.16. The average Bonchev–Trinajstić information content (AvgIpc) is 2.78. The van der Waals surface area contributed by atoms with Gasteiger partial charge in [0.05, 0.1) is 5.56 Å². The first-order valence-corrected chi connectivity index (χ1v) is 6.69. The number of nitrogens with one attached hydrogen (secondary N) is 1. The molecule has 1 aliphatic carbocycles. The second-order valence-electron chi connectivity index (χ2n) is 4.48. The fraction of sp³-hybridized carbons (Fsp3) is 0.462. The lowest BCUT2D eigenvalue weighted by Gasteiger charge is -2.11. The highest BCUT2D eigenvalue weighted by molar-refractivity contribution is 9.10. The molecule has 0 heterocycles. The second-order valence-corrected chi connectivity index (χ2v) is 5.34. The van der Waals surface area contributed by atoms with Crippen LogP contribution in [-0.4, -0.2) is 12.5 Å². The highest BCUT2D eigenvalue weighted by Crippen LogP contribution is 2.24. The molecule has 17 heavy (non-hydrogen) atoms. The number of hydrogen-bond donors (Lipinski definition) is 1. The van der Waals surface area contributed by atoms with E-state index in [4.69, 9.17) is 0 Å². The Labute approximate surface area is 109 Å². The predicted molar refractivity (Wildman–Crippen MR) is 68.4 cm³/mol. The van der Waals surface area contributed by atoms with Crippen molar-refractivity contribution in [3.05, 3.63) is 34.1 Å². The van der Waals surface area contributed by atoms with Crippen molar-refractivity contribution in [3.63, 3.8) is 0 Å². The zero-order valence-corrected chi connectivity index (χ0v) is 11.1. The van der Waals surface area contributed by atoms with Crippen LogP contribution in [0, 0.1) is 11.7 Å². The summed E-state index contributed by atoms with van der Waals surface area (Å²) in [6.07, 6.45) is 4.93. The van der Waals surface area contributed by atoms with Gasteiger partial charge in [-0.1, -0.05) is 12.8 Å². The van der Waals surface area contributed by atoms with Crippen molar-refractivity contribution in [3.8, 4) is 0 Å². The third kappa shape index (κ3) is 3.28. The molecule has 0 aromatic heterocycles. The standard InChI is InChI=1S/C13H15BrFNO/c14-12-7-10(15)5-6-11(12)13(17)16-8-9-3-1-2-4-9/h5-7,9H,1-4,8H2,(H,16,17). The molecule has 2 rings (SSSR count). The normalized spacial score (nSPS) is 16.1. The maximum absolute atomic E-state index is 12.9. The molecule has 1 saturated carbocycles. The van der Waals surface area contributed by atoms with Crippen molar-refractivity contribution < 1.29 is 9.18 Å². The minimum Gasteiger partial charge on any atom is -0.352 e. The van der Waals surface area contributed by atoms with E-state index in [-0.39, 0.29) is 11.7 Å². The number of halogens is 2. The predicted octanol–water partition coefficient (Wildman–Crippen LogP) is 3.51. The maximum Gasteiger partial charge on any atom is 0.252 e. The SMILES string of the molecule is O=C(NCC1CCCC1)c1ccc(F)cc1Br. The van der Waals surface area contributed by atoms with Crippen LogP contribution in [-0.2, 0) is 0 Å². The number of carbonyl (C=O) groups is 1. The fourth-order valence-electron chi connectivity index (χ4n) is 2.22. The number of benzene rings is 1. The van der Waals surface area contributed by atoms with Crippen molar-refractivity contribution in [2.45, 2.75) is 25.7 Å². The number of rotatable bonds is 3. The summed E-state index contributed by atoms with van der Waals surface area (Å²) in [6, 6.07) is 4.11. The van der Waals surface area contributed by atoms with Crippen molar-refractivity contribution >= 4 is 21.8 Å². The Morgan fingerprint density at radius 2 is 2.12 bits per heavy atom. The van der Waals surface area contributed by atoms with Crippen LogP contribution in [0.5, 0.6) is 0 Å². The monoisotopic (exact) mass is 299 g/mol. The minimum absolute atomic E-state index is 0.135. The van der Waals surface area contributed by atoms with Gasteiger partial charge in [-0.2, -0.15) is 0 Å². The van der Waals surface area contributed by atoms with Gasteiger partial charge in [0.1, 0.15) is 5.82 Å². The molecule has 4 heteroatoms. The molecule has 0 spiro atoms. The van der Waals surface area contributed by atoms with Crippen LogP contribution in [0.4, 0.5) is 4.39 Å². The second kappa shape index (κ2) is 5.63. The Bertz CT molecular complexity index is 416. The van der Waals surface area contributed by atoms with E-state index in [2.05, 4.69) is 21.2 Å². The maximum atomic E-state index is 12.9. The molecule has 92 valence electrons. The van der Waals surface area contributed by atoms with Crippen LogP contribution < -0.4 is 5.32 Å². The third-order valence-corrected chi connectivity index (χ3v) is 3.86. The van der Waals surface area contributed by atoms with Gasteiger partial charge in [0.25, 0.3) is 5.91 Å². The van der Waals surface area contributed by atoms with E-state index >= 15 is 0 Å². The number of hydrogen-bond acceptors (Lipinski definition) is 1. The summed E-state index contributed by atoms with van der Waals surface area (Å²) in [5.74, 6) is 0.131. The smallest absolute Gasteiger partial charge is 0.252 e. The summed E-state index contributed by atoms with van der Waals surface area (Å²) in [6.45, 7) is 0.725. The average molecular weight is 300 g/mol. The Kier molecular flexibility index (Phi) is 4.15. The van der Waals surface area contributed by atoms with Gasteiger partial charge in [0.15, 0.2) is 0 Å². The van der Waals surface area contributed by atoms with Crippen LogP contribution in [0.2, 0.25) is 0 Å². The van der Waals surface area contributed by atoms with E-state index in [0.29, 0.717) is 16.0 Å². The Hall–Kier alpha value is -0.900. The first-order valence-electron chi connectivity index (χ1n) is 5.90. The first kappa shape index (κ1) is 12.6. The molecule has 1 aromatic carbocycles. The lowest BCUT2D eigenvalue weighted by atomic mass is 10.1. The van der Waals surface area contributed by atoms with Crippen molar-refractivity contribution in [2.24, 2.45) is 5.92 Å². The summed E-state index contributed by atoms with van der Waals surface area (Å²) >= 11 is 3.20. The van der Waals surface area contributed by atoms with Gasteiger partial charge >= 0.3 is 0 Å². The van der Waals surface area contributed by atoms with Gasteiger partial charge in [-0.15, -0.1) is 0 Å². The van der Waals surface area contributed by atoms with Crippen LogP contribution in [0.3, 0.4) is 0 Å². The van der Waals surface area contributed by atoms with Gasteiger partial charge < -0.3 is 5.32 Å². The molecule has 0 saturated heterocycles. The Morgan fingerprint density at radius 3 is 2.76 bits per heavy atom. The number of carbonyl (C=O) groups excluding carboxylic acids is 1. The highest BCUT2D eigenvalue weighted by Gasteiger charge is 2.17. The van der Waals surface area contributed by atoms with E-state index in [1.165, 1.54) is 43.9 Å². The molecule has 0 radical (unpaired) electrons. The molecular formula is C13H15BrFNO. The zero-order valence-electron chi connectivity index (χ0n) is 9.51. The molecular weight excluding hydrogens is 285 g/mol. The van der Waals surface area contributed by atoms with Gasteiger partial charge in [-0.25, -0.2) is 4.39 Å². The van der Waals surface area contributed by atoms with Gasteiger partial charge in [0.2, 0.25) is 0 Å². The molecule has 1 N–H and O–H groups in total. The fourth-order valence-corrected chi connectivity index (χ4v) is 2.75. The minimum atomic E-state index is -0.343. The van der Waals surface area contributed by atoms with E-state index in [1.54, 1.807) is 0 Å². The Morgan fingerprint density at radius 1 is 1.41 bits per heavy atom. The van der Waals surface area contributed by atoms with Crippen molar-refractivity contribution in [1.29, 1.82) is 0 Å². The molecule has 1 aromatic rings. The molecule has 1 amide bonds. The van der Waals surface area contributed by atoms with Gasteiger partial charge in [0, 0.05) is 11.0 Å². The molecule has 0 unspecified atom stereocenters. The summed E-state index contributed by atoms with van der Waals surface area (Å²) in [5.41, 5.74) is 0.490. The van der Waals surface area contributed by atoms with Crippen LogP contribution in [0.15, 0.2) is 22.7 Å². The summed E-state index contributed by atoms with van der Waals surface area (Å²) in [7, 11) is 0. The molecule has 2 nitrogen and oxygen atoms in total. The largest absolute Gasteiger partial charge is 0.352 e. The summed E-state index contributed by atoms with van der Waals surface area (Å²) in [5, 5.41) is 2.91. The molecule has 0 atom stereocenters. The van der Waals surface area contributed by atoms with E-state index < -0.39 is 0 Å². The Balaban J connectivity index is 1.94. The number of amides is 1. The van der Waals surface area contributed by atoms with Crippen LogP contribution in [0.1, 0.15) is 36.0 Å². The van der Waals surface area contributed by atoms with E-state index in [9.17, 15) is 9.18 Å². The molecule has 1 fully saturated rings. The highest BCUT2D eigenvalue weighted by atomic mass is 79.9. The lowest BCUT2D eigenvalue weighted by molar-refractivity contribution is 0.0946. The van der Waals surface area contributed by atoms with Crippen LogP contribution in [0.25, 0.3) is 0 Å². The van der Waals surface area contributed by atoms with E-state index in [1.807, 2.05) is 0 Å². The van der Waals surface area contributed by atoms with Gasteiger partial charge in [-0.3, -0.25) is 4.79 Å². The van der Waals surface area contributed by atoms with Gasteiger partial charge in [-0.05, 0) is 52.9 Å².